The van der Waals surface area contributed by atoms with E-state index < -0.39 is 5.41 Å². The number of rotatable bonds is 2. The molecule has 2 aliphatic carbocycles. The van der Waals surface area contributed by atoms with Crippen molar-refractivity contribution in [2.45, 2.75) is 54.4 Å². The molecule has 1 aliphatic heterocycles. The van der Waals surface area contributed by atoms with Crippen LogP contribution >= 0.6 is 0 Å². The van der Waals surface area contributed by atoms with Crippen LogP contribution in [0.4, 0.5) is 0 Å². The third-order valence-electron chi connectivity index (χ3n) is 6.95. The van der Waals surface area contributed by atoms with Crippen molar-refractivity contribution in [3.8, 4) is 11.5 Å². The van der Waals surface area contributed by atoms with E-state index >= 15 is 0 Å². The van der Waals surface area contributed by atoms with Crippen molar-refractivity contribution in [3.63, 3.8) is 0 Å². The number of hydrogen-bond acceptors (Lipinski definition) is 5. The maximum atomic E-state index is 12.3. The van der Waals surface area contributed by atoms with Gasteiger partial charge in [-0.3, -0.25) is 0 Å². The van der Waals surface area contributed by atoms with Crippen molar-refractivity contribution in [3.05, 3.63) is 29.3 Å². The minimum absolute atomic E-state index is 0.0577. The molecule has 2 unspecified atom stereocenters. The summed E-state index contributed by atoms with van der Waals surface area (Å²) in [7, 11) is 0. The number of fused-ring (bicyclic) bond motifs is 3. The molecule has 0 aromatic heterocycles. The molecule has 0 radical (unpaired) electrons. The number of hydrogen-bond donors (Lipinski definition) is 0. The number of benzene rings is 1. The van der Waals surface area contributed by atoms with Crippen LogP contribution in [0.1, 0.15) is 59.9 Å². The van der Waals surface area contributed by atoms with Gasteiger partial charge in [-0.2, -0.15) is 0 Å². The van der Waals surface area contributed by atoms with Crippen LogP contribution in [0.15, 0.2) is 28.9 Å². The van der Waals surface area contributed by atoms with Gasteiger partial charge in [0, 0.05) is 5.41 Å². The zero-order chi connectivity index (χ0) is 20.3. The van der Waals surface area contributed by atoms with E-state index in [4.69, 9.17) is 14.3 Å². The van der Waals surface area contributed by atoms with E-state index in [-0.39, 0.29) is 23.6 Å². The molecule has 0 spiro atoms. The third-order valence-corrected chi connectivity index (χ3v) is 6.95. The lowest BCUT2D eigenvalue weighted by Gasteiger charge is -2.33. The van der Waals surface area contributed by atoms with Crippen LogP contribution in [0.25, 0.3) is 6.08 Å². The fourth-order valence-electron chi connectivity index (χ4n) is 4.68. The van der Waals surface area contributed by atoms with Crippen molar-refractivity contribution in [1.29, 1.82) is 0 Å². The Kier molecular flexibility index (Phi) is 4.15. The van der Waals surface area contributed by atoms with Crippen LogP contribution in [0.2, 0.25) is 0 Å². The summed E-state index contributed by atoms with van der Waals surface area (Å²) in [6.45, 7) is 12.6. The van der Waals surface area contributed by atoms with Gasteiger partial charge in [0.15, 0.2) is 11.5 Å². The van der Waals surface area contributed by atoms with Gasteiger partial charge in [0.05, 0.1) is 11.1 Å². The Labute approximate surface area is 166 Å². The SMILES string of the molecule is CC(C)(C)C(=O)ON=C1C(=Cc2ccc3c(c2)OCO3)C2CCC1(C)C2(C)C. The Hall–Kier alpha value is -2.30. The molecule has 2 fully saturated rings. The average Bonchev–Trinajstić information content (AvgIpc) is 3.20. The standard InChI is InChI=1S/C23H29NO4/c1-21(2,3)20(25)28-24-19-15(16-9-10-23(19,6)22(16,4)5)11-14-7-8-17-18(12-14)27-13-26-17/h7-8,11-12,16H,9-10,13H2,1-6H3. The molecule has 1 aromatic carbocycles. The molecule has 28 heavy (non-hydrogen) atoms. The van der Waals surface area contributed by atoms with Gasteiger partial charge in [-0.15, -0.1) is 0 Å². The smallest absolute Gasteiger partial charge is 0.340 e. The van der Waals surface area contributed by atoms with Crippen molar-refractivity contribution >= 4 is 17.8 Å². The highest BCUT2D eigenvalue weighted by atomic mass is 16.7. The molecule has 4 rings (SSSR count). The molecule has 1 aromatic rings. The van der Waals surface area contributed by atoms with Gasteiger partial charge >= 0.3 is 5.97 Å². The molecule has 0 N–H and O–H groups in total. The van der Waals surface area contributed by atoms with E-state index in [0.29, 0.717) is 5.92 Å². The number of carbonyl (C=O) groups is 1. The van der Waals surface area contributed by atoms with Crippen LogP contribution in [-0.2, 0) is 9.63 Å². The van der Waals surface area contributed by atoms with E-state index in [0.717, 1.165) is 35.6 Å². The van der Waals surface area contributed by atoms with Gasteiger partial charge in [-0.1, -0.05) is 32.0 Å². The number of allylic oxidation sites excluding steroid dienone is 1. The second-order valence-corrected chi connectivity index (χ2v) is 9.93. The molecule has 5 nitrogen and oxygen atoms in total. The summed E-state index contributed by atoms with van der Waals surface area (Å²) >= 11 is 0. The predicted octanol–water partition coefficient (Wildman–Crippen LogP) is 5.20. The highest BCUT2D eigenvalue weighted by Gasteiger charge is 2.63. The van der Waals surface area contributed by atoms with Crippen LogP contribution in [0.3, 0.4) is 0 Å². The van der Waals surface area contributed by atoms with E-state index in [1.54, 1.807) is 0 Å². The molecule has 2 saturated carbocycles. The van der Waals surface area contributed by atoms with Gasteiger partial charge in [0.2, 0.25) is 6.79 Å². The summed E-state index contributed by atoms with van der Waals surface area (Å²) in [4.78, 5) is 17.7. The lowest BCUT2D eigenvalue weighted by atomic mass is 9.70. The Morgan fingerprint density at radius 2 is 1.93 bits per heavy atom. The lowest BCUT2D eigenvalue weighted by Crippen LogP contribution is -2.33. The monoisotopic (exact) mass is 383 g/mol. The maximum Gasteiger partial charge on any atom is 0.340 e. The van der Waals surface area contributed by atoms with Gasteiger partial charge < -0.3 is 14.3 Å². The Morgan fingerprint density at radius 3 is 2.64 bits per heavy atom. The fourth-order valence-corrected chi connectivity index (χ4v) is 4.68. The van der Waals surface area contributed by atoms with Crippen LogP contribution < -0.4 is 9.47 Å². The molecule has 2 atom stereocenters. The molecule has 1 heterocycles. The fraction of sp³-hybridized carbons (Fsp3) is 0.565. The van der Waals surface area contributed by atoms with Crippen LogP contribution in [0, 0.1) is 22.2 Å². The molecule has 0 amide bonds. The van der Waals surface area contributed by atoms with Gasteiger partial charge in [0.25, 0.3) is 0 Å². The zero-order valence-corrected chi connectivity index (χ0v) is 17.6. The third kappa shape index (κ3) is 2.75. The van der Waals surface area contributed by atoms with E-state index in [9.17, 15) is 4.79 Å². The average molecular weight is 383 g/mol. The van der Waals surface area contributed by atoms with E-state index in [1.807, 2.05) is 39.0 Å². The molecule has 2 bridgehead atoms. The lowest BCUT2D eigenvalue weighted by molar-refractivity contribution is -0.153. The highest BCUT2D eigenvalue weighted by molar-refractivity contribution is 6.11. The van der Waals surface area contributed by atoms with Crippen molar-refractivity contribution < 1.29 is 19.1 Å². The largest absolute Gasteiger partial charge is 0.454 e. The molecule has 3 aliphatic rings. The summed E-state index contributed by atoms with van der Waals surface area (Å²) in [6, 6.07) is 5.96. The number of carbonyl (C=O) groups excluding carboxylic acids is 1. The summed E-state index contributed by atoms with van der Waals surface area (Å²) in [5.41, 5.74) is 2.48. The molecule has 5 heteroatoms. The molecular formula is C23H29NO4. The van der Waals surface area contributed by atoms with Crippen molar-refractivity contribution in [1.82, 2.24) is 0 Å². The topological polar surface area (TPSA) is 57.1 Å². The second kappa shape index (κ2) is 6.10. The van der Waals surface area contributed by atoms with Gasteiger partial charge in [-0.05, 0) is 74.3 Å². The minimum atomic E-state index is -0.584. The van der Waals surface area contributed by atoms with Crippen molar-refractivity contribution in [2.75, 3.05) is 6.79 Å². The normalized spacial score (nSPS) is 30.3. The maximum absolute atomic E-state index is 12.3. The van der Waals surface area contributed by atoms with Crippen molar-refractivity contribution in [2.24, 2.45) is 27.3 Å². The van der Waals surface area contributed by atoms with E-state index in [2.05, 4.69) is 32.0 Å². The first-order chi connectivity index (χ1) is 13.0. The van der Waals surface area contributed by atoms with Gasteiger partial charge in [0.1, 0.15) is 0 Å². The van der Waals surface area contributed by atoms with Crippen LogP contribution in [0.5, 0.6) is 11.5 Å². The Bertz CT molecular complexity index is 890. The van der Waals surface area contributed by atoms with Crippen LogP contribution in [-0.4, -0.2) is 18.5 Å². The summed E-state index contributed by atoms with van der Waals surface area (Å²) in [5, 5.41) is 4.43. The first-order valence-electron chi connectivity index (χ1n) is 9.95. The first kappa shape index (κ1) is 19.0. The summed E-state index contributed by atoms with van der Waals surface area (Å²) < 4.78 is 10.9. The molecule has 150 valence electrons. The number of oxime groups is 1. The summed E-state index contributed by atoms with van der Waals surface area (Å²) in [6.07, 6.45) is 4.34. The first-order valence-corrected chi connectivity index (χ1v) is 9.95. The second-order valence-electron chi connectivity index (χ2n) is 9.93. The number of ether oxygens (including phenoxy) is 2. The molecule has 0 saturated heterocycles. The van der Waals surface area contributed by atoms with E-state index in [1.165, 1.54) is 5.57 Å². The predicted molar refractivity (Wildman–Crippen MR) is 108 cm³/mol. The molecular weight excluding hydrogens is 354 g/mol. The Balaban J connectivity index is 1.74. The zero-order valence-electron chi connectivity index (χ0n) is 17.6. The minimum Gasteiger partial charge on any atom is -0.454 e. The number of nitrogens with zero attached hydrogens (tertiary/aromatic N) is 1. The van der Waals surface area contributed by atoms with Gasteiger partial charge in [-0.25, -0.2) is 4.79 Å². The highest BCUT2D eigenvalue weighted by Crippen LogP contribution is 2.66. The quantitative estimate of drug-likeness (QED) is 0.520. The summed E-state index contributed by atoms with van der Waals surface area (Å²) in [5.74, 6) is 1.61. The Morgan fingerprint density at radius 1 is 1.21 bits per heavy atom.